The van der Waals surface area contributed by atoms with E-state index in [1.54, 1.807) is 6.08 Å². The van der Waals surface area contributed by atoms with Crippen molar-refractivity contribution in [3.8, 4) is 11.3 Å². The van der Waals surface area contributed by atoms with Crippen LogP contribution < -0.4 is 0 Å². The Morgan fingerprint density at radius 1 is 1.00 bits per heavy atom. The summed E-state index contributed by atoms with van der Waals surface area (Å²) in [6.45, 7) is 3.65. The lowest BCUT2D eigenvalue weighted by Crippen LogP contribution is -1.83. The molecular formula is C14H12N. The summed E-state index contributed by atoms with van der Waals surface area (Å²) in [7, 11) is 0. The number of rotatable bonds is 2. The normalized spacial score (nSPS) is 10.7. The molecule has 1 aromatic heterocycles. The topological polar surface area (TPSA) is 12.9 Å². The lowest BCUT2D eigenvalue weighted by atomic mass is 10.1. The highest BCUT2D eigenvalue weighted by Crippen LogP contribution is 2.16. The van der Waals surface area contributed by atoms with Crippen LogP contribution >= 0.6 is 0 Å². The third-order valence-electron chi connectivity index (χ3n) is 2.17. The van der Waals surface area contributed by atoms with E-state index in [4.69, 9.17) is 0 Å². The minimum Gasteiger partial charge on any atom is -0.256 e. The zero-order valence-corrected chi connectivity index (χ0v) is 8.43. The van der Waals surface area contributed by atoms with E-state index < -0.39 is 0 Å². The monoisotopic (exact) mass is 194 g/mol. The van der Waals surface area contributed by atoms with Gasteiger partial charge in [-0.15, -0.1) is 0 Å². The fourth-order valence-electron chi connectivity index (χ4n) is 1.42. The van der Waals surface area contributed by atoms with E-state index in [1.165, 1.54) is 0 Å². The van der Waals surface area contributed by atoms with Crippen molar-refractivity contribution < 1.29 is 0 Å². The number of hydrogen-bond donors (Lipinski definition) is 0. The Kier molecular flexibility index (Phi) is 2.93. The Morgan fingerprint density at radius 3 is 2.40 bits per heavy atom. The molecule has 0 aliphatic rings. The summed E-state index contributed by atoms with van der Waals surface area (Å²) in [4.78, 5) is 4.39. The third kappa shape index (κ3) is 2.32. The second kappa shape index (κ2) is 4.56. The van der Waals surface area contributed by atoms with Crippen molar-refractivity contribution in [2.45, 2.75) is 0 Å². The number of benzene rings is 1. The number of nitrogens with zero attached hydrogens (tertiary/aromatic N) is 1. The van der Waals surface area contributed by atoms with Gasteiger partial charge in [-0.25, -0.2) is 0 Å². The quantitative estimate of drug-likeness (QED) is 0.711. The molecule has 0 spiro atoms. The first-order valence-corrected chi connectivity index (χ1v) is 4.87. The molecule has 0 aliphatic heterocycles. The SMILES string of the molecule is [CH2]/C=C/c1ccc(-c2ccccc2)nc1. The molecule has 1 heterocycles. The number of pyridine rings is 1. The number of hydrogen-bond acceptors (Lipinski definition) is 1. The fraction of sp³-hybridized carbons (Fsp3) is 0. The second-order valence-electron chi connectivity index (χ2n) is 3.25. The summed E-state index contributed by atoms with van der Waals surface area (Å²) in [5.41, 5.74) is 3.21. The molecule has 15 heavy (non-hydrogen) atoms. The molecule has 2 rings (SSSR count). The molecular weight excluding hydrogens is 182 g/mol. The molecule has 0 amide bonds. The Bertz CT molecular complexity index is 441. The molecule has 1 heteroatoms. The lowest BCUT2D eigenvalue weighted by Gasteiger charge is -2.00. The van der Waals surface area contributed by atoms with Crippen LogP contribution in [-0.2, 0) is 0 Å². The highest BCUT2D eigenvalue weighted by molar-refractivity contribution is 5.60. The van der Waals surface area contributed by atoms with E-state index in [-0.39, 0.29) is 0 Å². The van der Waals surface area contributed by atoms with E-state index in [0.717, 1.165) is 16.8 Å². The molecule has 2 aromatic rings. The van der Waals surface area contributed by atoms with Gasteiger partial charge in [-0.2, -0.15) is 0 Å². The van der Waals surface area contributed by atoms with Crippen molar-refractivity contribution in [1.82, 2.24) is 4.98 Å². The smallest absolute Gasteiger partial charge is 0.0702 e. The van der Waals surface area contributed by atoms with Crippen LogP contribution in [0.4, 0.5) is 0 Å². The summed E-state index contributed by atoms with van der Waals surface area (Å²) >= 11 is 0. The third-order valence-corrected chi connectivity index (χ3v) is 2.17. The number of aromatic nitrogens is 1. The van der Waals surface area contributed by atoms with Gasteiger partial charge in [0, 0.05) is 11.8 Å². The van der Waals surface area contributed by atoms with Gasteiger partial charge in [-0.1, -0.05) is 48.6 Å². The Labute approximate surface area is 90.1 Å². The van der Waals surface area contributed by atoms with E-state index in [0.29, 0.717) is 0 Å². The van der Waals surface area contributed by atoms with Gasteiger partial charge in [0.15, 0.2) is 0 Å². The van der Waals surface area contributed by atoms with E-state index in [1.807, 2.05) is 42.6 Å². The van der Waals surface area contributed by atoms with Gasteiger partial charge in [-0.3, -0.25) is 4.98 Å². The zero-order chi connectivity index (χ0) is 10.5. The van der Waals surface area contributed by atoms with Crippen LogP contribution in [0.25, 0.3) is 17.3 Å². The molecule has 0 aliphatic carbocycles. The van der Waals surface area contributed by atoms with Crippen molar-refractivity contribution in [1.29, 1.82) is 0 Å². The molecule has 73 valence electrons. The Balaban J connectivity index is 2.32. The molecule has 0 bridgehead atoms. The van der Waals surface area contributed by atoms with E-state index >= 15 is 0 Å². The first-order chi connectivity index (χ1) is 7.40. The van der Waals surface area contributed by atoms with Gasteiger partial charge in [0.25, 0.3) is 0 Å². The summed E-state index contributed by atoms with van der Waals surface area (Å²) in [5, 5.41) is 0. The average Bonchev–Trinajstić information content (AvgIpc) is 2.32. The second-order valence-corrected chi connectivity index (χ2v) is 3.25. The maximum Gasteiger partial charge on any atom is 0.0702 e. The highest BCUT2D eigenvalue weighted by atomic mass is 14.7. The van der Waals surface area contributed by atoms with Crippen molar-refractivity contribution in [2.75, 3.05) is 0 Å². The minimum absolute atomic E-state index is 0.997. The van der Waals surface area contributed by atoms with Gasteiger partial charge in [0.2, 0.25) is 0 Å². The minimum atomic E-state index is 0.997. The average molecular weight is 194 g/mol. The van der Waals surface area contributed by atoms with Gasteiger partial charge >= 0.3 is 0 Å². The molecule has 0 atom stereocenters. The van der Waals surface area contributed by atoms with Crippen molar-refractivity contribution in [3.63, 3.8) is 0 Å². The van der Waals surface area contributed by atoms with Gasteiger partial charge in [0.1, 0.15) is 0 Å². The molecule has 0 N–H and O–H groups in total. The van der Waals surface area contributed by atoms with Crippen molar-refractivity contribution in [3.05, 3.63) is 67.2 Å². The van der Waals surface area contributed by atoms with E-state index in [9.17, 15) is 0 Å². The molecule has 0 saturated heterocycles. The molecule has 0 fully saturated rings. The summed E-state index contributed by atoms with van der Waals surface area (Å²) < 4.78 is 0. The first-order valence-electron chi connectivity index (χ1n) is 4.87. The van der Waals surface area contributed by atoms with Crippen LogP contribution in [0, 0.1) is 6.92 Å². The molecule has 0 unspecified atom stereocenters. The predicted molar refractivity (Wildman–Crippen MR) is 64.1 cm³/mol. The Morgan fingerprint density at radius 2 is 1.80 bits per heavy atom. The van der Waals surface area contributed by atoms with Crippen LogP contribution in [-0.4, -0.2) is 4.98 Å². The first kappa shape index (κ1) is 9.66. The zero-order valence-electron chi connectivity index (χ0n) is 8.43. The van der Waals surface area contributed by atoms with Crippen LogP contribution in [0.2, 0.25) is 0 Å². The molecule has 1 radical (unpaired) electrons. The van der Waals surface area contributed by atoms with Crippen molar-refractivity contribution >= 4 is 6.08 Å². The number of allylic oxidation sites excluding steroid dienone is 1. The van der Waals surface area contributed by atoms with Crippen molar-refractivity contribution in [2.24, 2.45) is 0 Å². The predicted octanol–water partition coefficient (Wildman–Crippen LogP) is 3.60. The molecule has 1 aromatic carbocycles. The van der Waals surface area contributed by atoms with Gasteiger partial charge in [-0.05, 0) is 18.6 Å². The largest absolute Gasteiger partial charge is 0.256 e. The molecule has 1 nitrogen and oxygen atoms in total. The van der Waals surface area contributed by atoms with Gasteiger partial charge < -0.3 is 0 Å². The Hall–Kier alpha value is -1.89. The highest BCUT2D eigenvalue weighted by Gasteiger charge is 1.96. The summed E-state index contributed by atoms with van der Waals surface area (Å²) in [6.07, 6.45) is 5.55. The van der Waals surface area contributed by atoms with Crippen LogP contribution in [0.3, 0.4) is 0 Å². The standard InChI is InChI=1S/C14H12N/c1-2-6-12-9-10-14(15-11-12)13-7-4-3-5-8-13/h2-11H,1H2/b6-2+. The van der Waals surface area contributed by atoms with E-state index in [2.05, 4.69) is 24.0 Å². The fourth-order valence-corrected chi connectivity index (χ4v) is 1.42. The maximum absolute atomic E-state index is 4.39. The van der Waals surface area contributed by atoms with Crippen LogP contribution in [0.15, 0.2) is 54.7 Å². The van der Waals surface area contributed by atoms with Crippen LogP contribution in [0.1, 0.15) is 5.56 Å². The maximum atomic E-state index is 4.39. The summed E-state index contributed by atoms with van der Waals surface area (Å²) in [6, 6.07) is 14.2. The van der Waals surface area contributed by atoms with Crippen LogP contribution in [0.5, 0.6) is 0 Å². The molecule has 0 saturated carbocycles. The lowest BCUT2D eigenvalue weighted by molar-refractivity contribution is 1.31. The summed E-state index contributed by atoms with van der Waals surface area (Å²) in [5.74, 6) is 0. The van der Waals surface area contributed by atoms with Gasteiger partial charge in [0.05, 0.1) is 5.69 Å².